The predicted molar refractivity (Wildman–Crippen MR) is 122 cm³/mol. The number of amides is 3. The number of hydrogen-bond donors (Lipinski definition) is 5. The highest BCUT2D eigenvalue weighted by atomic mass is 32.2. The molecule has 1 aromatic carbocycles. The number of ether oxygens (including phenoxy) is 1. The summed E-state index contributed by atoms with van der Waals surface area (Å²) in [6, 6.07) is 4.29. The summed E-state index contributed by atoms with van der Waals surface area (Å²) in [7, 11) is 0. The summed E-state index contributed by atoms with van der Waals surface area (Å²) in [6.45, 7) is 0.988. The van der Waals surface area contributed by atoms with Crippen LogP contribution in [-0.4, -0.2) is 73.0 Å². The van der Waals surface area contributed by atoms with Gasteiger partial charge in [0.2, 0.25) is 5.91 Å². The molecule has 3 amide bonds. The van der Waals surface area contributed by atoms with Gasteiger partial charge in [0.25, 0.3) is 5.91 Å². The van der Waals surface area contributed by atoms with E-state index in [1.165, 1.54) is 18.7 Å². The van der Waals surface area contributed by atoms with Crippen molar-refractivity contribution in [3.8, 4) is 0 Å². The number of esters is 1. The fourth-order valence-electron chi connectivity index (χ4n) is 3.45. The van der Waals surface area contributed by atoms with Crippen LogP contribution < -0.4 is 11.1 Å². The predicted octanol–water partition coefficient (Wildman–Crippen LogP) is 0.313. The smallest absolute Gasteiger partial charge is 0.417 e. The molecule has 3 rings (SSSR count). The van der Waals surface area contributed by atoms with Crippen LogP contribution in [0.25, 0.3) is 0 Å². The van der Waals surface area contributed by atoms with Gasteiger partial charge >= 0.3 is 18.0 Å². The fourth-order valence-corrected chi connectivity index (χ4v) is 4.94. The van der Waals surface area contributed by atoms with Crippen molar-refractivity contribution in [2.45, 2.75) is 30.9 Å². The third-order valence-electron chi connectivity index (χ3n) is 5.17. The van der Waals surface area contributed by atoms with E-state index in [0.29, 0.717) is 16.7 Å². The lowest BCUT2D eigenvalue weighted by Gasteiger charge is -2.49. The minimum atomic E-state index is -1.33. The number of thioether (sulfide) groups is 1. The number of carboxylic acids is 1. The number of aliphatic carboxylic acids is 1. The number of rotatable bonds is 8. The van der Waals surface area contributed by atoms with Gasteiger partial charge in [-0.25, -0.2) is 9.59 Å². The van der Waals surface area contributed by atoms with Crippen LogP contribution in [0, 0.1) is 0 Å². The van der Waals surface area contributed by atoms with Crippen molar-refractivity contribution in [3.63, 3.8) is 0 Å². The molecule has 1 fully saturated rings. The summed E-state index contributed by atoms with van der Waals surface area (Å²) in [5.74, 6) is -2.92. The summed E-state index contributed by atoms with van der Waals surface area (Å²) in [6.07, 6.45) is -1.21. The molecule has 1 saturated heterocycles. The van der Waals surface area contributed by atoms with Crippen LogP contribution in [0.15, 0.2) is 35.5 Å². The standard InChI is InChI=1S/C20H22N4O8S2/c1-9(25)32-7-12-8-34-18-14(17(27)24(18)15(12)19(28)29)22-16(26)13(21)11-4-2-10(3-5-11)6-23(33)20(30)31/h2-5,13-14,18,33H,6-8,21H2,1H3,(H,22,26)(H,28,29)(H,30,31). The number of nitrogens with two attached hydrogens (primary N) is 1. The van der Waals surface area contributed by atoms with Crippen LogP contribution in [0.3, 0.4) is 0 Å². The summed E-state index contributed by atoms with van der Waals surface area (Å²) < 4.78 is 5.68. The molecule has 12 nitrogen and oxygen atoms in total. The van der Waals surface area contributed by atoms with Crippen molar-refractivity contribution in [3.05, 3.63) is 46.7 Å². The maximum atomic E-state index is 12.7. The Morgan fingerprint density at radius 1 is 1.29 bits per heavy atom. The van der Waals surface area contributed by atoms with Gasteiger partial charge in [-0.2, -0.15) is 0 Å². The molecule has 0 spiro atoms. The summed E-state index contributed by atoms with van der Waals surface area (Å²) >= 11 is 5.07. The molecule has 34 heavy (non-hydrogen) atoms. The normalized spacial score (nSPS) is 20.1. The van der Waals surface area contributed by atoms with E-state index in [4.69, 9.17) is 15.6 Å². The quantitative estimate of drug-likeness (QED) is 0.186. The zero-order chi connectivity index (χ0) is 25.2. The molecular formula is C20H22N4O8S2. The number of nitrogens with one attached hydrogen (secondary N) is 1. The zero-order valence-electron chi connectivity index (χ0n) is 17.8. The van der Waals surface area contributed by atoms with Gasteiger partial charge in [-0.05, 0) is 11.1 Å². The van der Waals surface area contributed by atoms with E-state index < -0.39 is 47.3 Å². The first kappa shape index (κ1) is 25.4. The summed E-state index contributed by atoms with van der Waals surface area (Å²) in [4.78, 5) is 60.1. The number of carbonyl (C=O) groups is 5. The van der Waals surface area contributed by atoms with Crippen LogP contribution in [0.4, 0.5) is 4.79 Å². The molecule has 1 aromatic rings. The third kappa shape index (κ3) is 5.29. The number of fused-ring (bicyclic) bond motifs is 1. The molecule has 3 atom stereocenters. The molecule has 0 bridgehead atoms. The number of carbonyl (C=O) groups excluding carboxylic acids is 3. The van der Waals surface area contributed by atoms with Crippen LogP contribution in [0.2, 0.25) is 0 Å². The first-order chi connectivity index (χ1) is 16.0. The summed E-state index contributed by atoms with van der Waals surface area (Å²) in [5, 5.41) is 20.4. The summed E-state index contributed by atoms with van der Waals surface area (Å²) in [5.41, 5.74) is 7.15. The third-order valence-corrected chi connectivity index (χ3v) is 6.82. The van der Waals surface area contributed by atoms with Gasteiger partial charge in [0.15, 0.2) is 0 Å². The van der Waals surface area contributed by atoms with Crippen LogP contribution >= 0.6 is 24.6 Å². The molecule has 3 unspecified atom stereocenters. The Labute approximate surface area is 203 Å². The van der Waals surface area contributed by atoms with E-state index in [-0.39, 0.29) is 24.6 Å². The second kappa shape index (κ2) is 10.4. The second-order valence-corrected chi connectivity index (χ2v) is 9.08. The van der Waals surface area contributed by atoms with Crippen LogP contribution in [-0.2, 0) is 30.5 Å². The van der Waals surface area contributed by atoms with Gasteiger partial charge in [0.05, 0.1) is 6.54 Å². The Morgan fingerprint density at radius 3 is 2.50 bits per heavy atom. The van der Waals surface area contributed by atoms with Crippen molar-refractivity contribution in [1.82, 2.24) is 14.5 Å². The van der Waals surface area contributed by atoms with Gasteiger partial charge in [-0.15, -0.1) is 11.8 Å². The van der Waals surface area contributed by atoms with Crippen molar-refractivity contribution >= 4 is 54.4 Å². The van der Waals surface area contributed by atoms with E-state index in [0.717, 1.165) is 9.21 Å². The van der Waals surface area contributed by atoms with Crippen molar-refractivity contribution < 1.29 is 38.9 Å². The Balaban J connectivity index is 1.65. The molecule has 0 aliphatic carbocycles. The largest absolute Gasteiger partial charge is 0.477 e. The Hall–Kier alpha value is -3.23. The number of β-lactam (4-membered cyclic amide) rings is 1. The van der Waals surface area contributed by atoms with E-state index >= 15 is 0 Å². The minimum Gasteiger partial charge on any atom is -0.477 e. The SMILES string of the molecule is CC(=O)OCC1=C(C(=O)O)N2C(=O)C(NC(=O)C(N)c3ccc(CN(S)C(=O)O)cc3)C2SC1. The Bertz CT molecular complexity index is 1060. The highest BCUT2D eigenvalue weighted by Crippen LogP contribution is 2.40. The lowest BCUT2D eigenvalue weighted by molar-refractivity contribution is -0.151. The maximum absolute atomic E-state index is 12.7. The number of hydrogen-bond acceptors (Lipinski definition) is 9. The molecule has 2 heterocycles. The Morgan fingerprint density at radius 2 is 1.94 bits per heavy atom. The molecule has 5 N–H and O–H groups in total. The molecule has 14 heteroatoms. The van der Waals surface area contributed by atoms with Gasteiger partial charge in [0, 0.05) is 18.2 Å². The average molecular weight is 511 g/mol. The maximum Gasteiger partial charge on any atom is 0.417 e. The lowest BCUT2D eigenvalue weighted by atomic mass is 10.0. The highest BCUT2D eigenvalue weighted by molar-refractivity contribution is 8.00. The number of benzene rings is 1. The minimum absolute atomic E-state index is 0.0321. The lowest BCUT2D eigenvalue weighted by Crippen LogP contribution is -2.71. The topological polar surface area (TPSA) is 180 Å². The average Bonchev–Trinajstić information content (AvgIpc) is 2.79. The number of thiol groups is 1. The van der Waals surface area contributed by atoms with Gasteiger partial charge in [-0.1, -0.05) is 37.1 Å². The molecule has 182 valence electrons. The van der Waals surface area contributed by atoms with E-state index in [1.807, 2.05) is 0 Å². The first-order valence-corrected chi connectivity index (χ1v) is 11.3. The number of nitrogens with zero attached hydrogens (tertiary/aromatic N) is 2. The molecule has 2 aliphatic heterocycles. The van der Waals surface area contributed by atoms with E-state index in [2.05, 4.69) is 18.1 Å². The van der Waals surface area contributed by atoms with Gasteiger partial charge < -0.3 is 26.0 Å². The first-order valence-electron chi connectivity index (χ1n) is 9.88. The van der Waals surface area contributed by atoms with E-state index in [9.17, 15) is 29.1 Å². The molecule has 0 saturated carbocycles. The fraction of sp³-hybridized carbons (Fsp3) is 0.350. The van der Waals surface area contributed by atoms with Crippen LogP contribution in [0.5, 0.6) is 0 Å². The van der Waals surface area contributed by atoms with E-state index in [1.54, 1.807) is 24.3 Å². The van der Waals surface area contributed by atoms with Crippen molar-refractivity contribution in [2.24, 2.45) is 5.73 Å². The highest BCUT2D eigenvalue weighted by Gasteiger charge is 2.54. The van der Waals surface area contributed by atoms with Crippen molar-refractivity contribution in [2.75, 3.05) is 12.4 Å². The molecule has 2 aliphatic rings. The monoisotopic (exact) mass is 510 g/mol. The Kier molecular flexibility index (Phi) is 7.74. The second-order valence-electron chi connectivity index (χ2n) is 7.49. The van der Waals surface area contributed by atoms with Gasteiger partial charge in [-0.3, -0.25) is 23.6 Å². The molecule has 0 radical (unpaired) electrons. The zero-order valence-corrected chi connectivity index (χ0v) is 19.5. The van der Waals surface area contributed by atoms with Crippen molar-refractivity contribution in [1.29, 1.82) is 0 Å². The van der Waals surface area contributed by atoms with Crippen LogP contribution in [0.1, 0.15) is 24.1 Å². The molecular weight excluding hydrogens is 488 g/mol. The van der Waals surface area contributed by atoms with Gasteiger partial charge in [0.1, 0.15) is 29.8 Å². The number of carboxylic acid groups (broad SMARTS) is 2. The molecule has 0 aromatic heterocycles.